The largest absolute Gasteiger partial charge is 0.304 e. The molecule has 118 valence electrons. The van der Waals surface area contributed by atoms with Crippen molar-refractivity contribution in [1.82, 2.24) is 19.5 Å². The lowest BCUT2D eigenvalue weighted by Gasteiger charge is -2.05. The summed E-state index contributed by atoms with van der Waals surface area (Å²) in [5.41, 5.74) is 0.150. The van der Waals surface area contributed by atoms with E-state index in [1.807, 2.05) is 6.92 Å². The van der Waals surface area contributed by atoms with Crippen molar-refractivity contribution in [2.75, 3.05) is 6.26 Å². The van der Waals surface area contributed by atoms with Crippen LogP contribution in [0.3, 0.4) is 0 Å². The van der Waals surface area contributed by atoms with Crippen LogP contribution in [0, 0.1) is 5.82 Å². The van der Waals surface area contributed by atoms with Crippen LogP contribution in [0.5, 0.6) is 0 Å². The molecule has 2 rings (SSSR count). The number of hydrogen-bond donors (Lipinski definition) is 1. The van der Waals surface area contributed by atoms with Crippen LogP contribution < -0.4 is 4.72 Å². The summed E-state index contributed by atoms with van der Waals surface area (Å²) >= 11 is 0. The van der Waals surface area contributed by atoms with Crippen LogP contribution in [0.15, 0.2) is 24.3 Å². The molecule has 9 heteroatoms. The molecule has 1 heterocycles. The zero-order valence-corrected chi connectivity index (χ0v) is 12.9. The molecule has 0 spiro atoms. The van der Waals surface area contributed by atoms with Gasteiger partial charge >= 0.3 is 5.91 Å². The molecule has 0 saturated heterocycles. The molecule has 0 fully saturated rings. The van der Waals surface area contributed by atoms with Crippen LogP contribution in [0.25, 0.3) is 5.69 Å². The fourth-order valence-electron chi connectivity index (χ4n) is 1.86. The van der Waals surface area contributed by atoms with Crippen LogP contribution in [-0.4, -0.2) is 35.3 Å². The molecule has 1 aromatic heterocycles. The zero-order valence-electron chi connectivity index (χ0n) is 12.1. The van der Waals surface area contributed by atoms with Gasteiger partial charge in [-0.25, -0.2) is 27.2 Å². The lowest BCUT2D eigenvalue weighted by Crippen LogP contribution is -2.30. The number of amides is 1. The molecule has 0 atom stereocenters. The van der Waals surface area contributed by atoms with Crippen LogP contribution in [-0.2, 0) is 16.4 Å². The van der Waals surface area contributed by atoms with Crippen LogP contribution >= 0.6 is 0 Å². The summed E-state index contributed by atoms with van der Waals surface area (Å²) in [6, 6.07) is 5.93. The van der Waals surface area contributed by atoms with Gasteiger partial charge in [-0.05, 0) is 18.6 Å². The number of nitrogens with zero attached hydrogens (tertiary/aromatic N) is 3. The van der Waals surface area contributed by atoms with E-state index in [2.05, 4.69) is 10.1 Å². The molecule has 7 nitrogen and oxygen atoms in total. The van der Waals surface area contributed by atoms with E-state index in [0.29, 0.717) is 18.7 Å². The molecule has 0 aliphatic heterocycles. The smallest absolute Gasteiger partial charge is 0.264 e. The number of carbonyl (C=O) groups is 1. The topological polar surface area (TPSA) is 93.9 Å². The third-order valence-electron chi connectivity index (χ3n) is 2.71. The van der Waals surface area contributed by atoms with E-state index in [0.717, 1.165) is 6.26 Å². The molecule has 22 heavy (non-hydrogen) atoms. The van der Waals surface area contributed by atoms with Gasteiger partial charge in [0.1, 0.15) is 17.3 Å². The first-order chi connectivity index (χ1) is 10.3. The first kappa shape index (κ1) is 16.1. The van der Waals surface area contributed by atoms with Crippen molar-refractivity contribution >= 4 is 15.9 Å². The van der Waals surface area contributed by atoms with Crippen molar-refractivity contribution in [3.63, 3.8) is 0 Å². The summed E-state index contributed by atoms with van der Waals surface area (Å²) in [6.07, 6.45) is 2.03. The summed E-state index contributed by atoms with van der Waals surface area (Å²) in [5.74, 6) is -1.40. The van der Waals surface area contributed by atoms with Gasteiger partial charge in [-0.3, -0.25) is 4.79 Å². The van der Waals surface area contributed by atoms with Crippen molar-refractivity contribution in [3.8, 4) is 5.69 Å². The minimum Gasteiger partial charge on any atom is -0.264 e. The zero-order chi connectivity index (χ0) is 16.3. The Balaban J connectivity index is 2.47. The Morgan fingerprint density at radius 3 is 2.64 bits per heavy atom. The number of carbonyl (C=O) groups excluding carboxylic acids is 1. The van der Waals surface area contributed by atoms with Crippen molar-refractivity contribution < 1.29 is 17.6 Å². The van der Waals surface area contributed by atoms with Gasteiger partial charge in [0, 0.05) is 6.42 Å². The Hall–Kier alpha value is -2.29. The molecule has 0 radical (unpaired) electrons. The predicted octanol–water partition coefficient (Wildman–Crippen LogP) is 1.05. The molecule has 0 saturated carbocycles. The second-order valence-electron chi connectivity index (χ2n) is 4.67. The first-order valence-corrected chi connectivity index (χ1v) is 8.44. The highest BCUT2D eigenvalue weighted by atomic mass is 32.2. The van der Waals surface area contributed by atoms with Crippen molar-refractivity contribution in [1.29, 1.82) is 0 Å². The number of para-hydroxylation sites is 1. The maximum atomic E-state index is 13.9. The average Bonchev–Trinajstić information content (AvgIpc) is 2.82. The van der Waals surface area contributed by atoms with E-state index < -0.39 is 21.7 Å². The summed E-state index contributed by atoms with van der Waals surface area (Å²) in [4.78, 5) is 15.8. The molecule has 1 aromatic carbocycles. The molecule has 0 unspecified atom stereocenters. The number of rotatable bonds is 5. The summed E-state index contributed by atoms with van der Waals surface area (Å²) < 4.78 is 39.1. The highest BCUT2D eigenvalue weighted by Crippen LogP contribution is 2.15. The number of sulfonamides is 1. The molecule has 1 amide bonds. The Kier molecular flexibility index (Phi) is 4.55. The molecule has 0 aliphatic rings. The van der Waals surface area contributed by atoms with E-state index in [9.17, 15) is 17.6 Å². The SMILES string of the molecule is CCCc1nc(C(=O)NS(C)(=O)=O)nn1-c1ccccc1F. The monoisotopic (exact) mass is 326 g/mol. The van der Waals surface area contributed by atoms with E-state index in [1.165, 1.54) is 22.9 Å². The minimum atomic E-state index is -3.72. The van der Waals surface area contributed by atoms with Gasteiger partial charge in [-0.15, -0.1) is 5.10 Å². The molecule has 0 aliphatic carbocycles. The third-order valence-corrected chi connectivity index (χ3v) is 3.27. The predicted molar refractivity (Wildman–Crippen MR) is 77.6 cm³/mol. The van der Waals surface area contributed by atoms with E-state index in [4.69, 9.17) is 0 Å². The second-order valence-corrected chi connectivity index (χ2v) is 6.42. The Bertz CT molecular complexity index is 801. The number of nitrogens with one attached hydrogen (secondary N) is 1. The maximum Gasteiger partial charge on any atom is 0.304 e. The second kappa shape index (κ2) is 6.22. The highest BCUT2D eigenvalue weighted by Gasteiger charge is 2.20. The lowest BCUT2D eigenvalue weighted by atomic mass is 10.3. The maximum absolute atomic E-state index is 13.9. The fourth-order valence-corrected chi connectivity index (χ4v) is 2.28. The van der Waals surface area contributed by atoms with Crippen molar-refractivity contribution in [2.45, 2.75) is 19.8 Å². The number of benzene rings is 1. The normalized spacial score (nSPS) is 11.4. The van der Waals surface area contributed by atoms with Gasteiger partial charge in [0.15, 0.2) is 0 Å². The fraction of sp³-hybridized carbons (Fsp3) is 0.308. The average molecular weight is 326 g/mol. The quantitative estimate of drug-likeness (QED) is 0.886. The number of halogens is 1. The standard InChI is InChI=1S/C13H15FN4O3S/c1-3-6-11-15-12(13(19)17-22(2,20)21)16-18(11)10-8-5-4-7-9(10)14/h4-5,7-8H,3,6H2,1-2H3,(H,17,19). The number of aromatic nitrogens is 3. The van der Waals surface area contributed by atoms with Gasteiger partial charge in [-0.2, -0.15) is 0 Å². The van der Waals surface area contributed by atoms with Gasteiger partial charge in [-0.1, -0.05) is 19.1 Å². The van der Waals surface area contributed by atoms with Crippen molar-refractivity contribution in [3.05, 3.63) is 41.7 Å². The van der Waals surface area contributed by atoms with Crippen LogP contribution in [0.1, 0.15) is 29.8 Å². The third kappa shape index (κ3) is 3.67. The molecular formula is C13H15FN4O3S. The minimum absolute atomic E-state index is 0.150. The molecule has 1 N–H and O–H groups in total. The molecule has 2 aromatic rings. The number of aryl methyl sites for hydroxylation is 1. The summed E-state index contributed by atoms with van der Waals surface area (Å²) in [6.45, 7) is 1.90. The van der Waals surface area contributed by atoms with E-state index >= 15 is 0 Å². The van der Waals surface area contributed by atoms with Gasteiger partial charge < -0.3 is 0 Å². The van der Waals surface area contributed by atoms with Crippen LogP contribution in [0.2, 0.25) is 0 Å². The van der Waals surface area contributed by atoms with Gasteiger partial charge in [0.2, 0.25) is 15.8 Å². The van der Waals surface area contributed by atoms with Crippen LogP contribution in [0.4, 0.5) is 4.39 Å². The first-order valence-electron chi connectivity index (χ1n) is 6.54. The Morgan fingerprint density at radius 2 is 2.05 bits per heavy atom. The Labute approximate surface area is 127 Å². The Morgan fingerprint density at radius 1 is 1.36 bits per heavy atom. The van der Waals surface area contributed by atoms with Gasteiger partial charge in [0.05, 0.1) is 6.26 Å². The molecular weight excluding hydrogens is 311 g/mol. The lowest BCUT2D eigenvalue weighted by molar-refractivity contribution is 0.0971. The summed E-state index contributed by atoms with van der Waals surface area (Å²) in [7, 11) is -3.72. The number of hydrogen-bond acceptors (Lipinski definition) is 5. The highest BCUT2D eigenvalue weighted by molar-refractivity contribution is 7.89. The summed E-state index contributed by atoms with van der Waals surface area (Å²) in [5, 5.41) is 3.93. The molecule has 0 bridgehead atoms. The van der Waals surface area contributed by atoms with Crippen molar-refractivity contribution in [2.24, 2.45) is 0 Å². The van der Waals surface area contributed by atoms with Gasteiger partial charge in [0.25, 0.3) is 0 Å². The van der Waals surface area contributed by atoms with E-state index in [-0.39, 0.29) is 11.5 Å². The van der Waals surface area contributed by atoms with E-state index in [1.54, 1.807) is 10.8 Å².